The first-order valence-corrected chi connectivity index (χ1v) is 9.54. The molecule has 1 saturated heterocycles. The number of hydrogen-bond acceptors (Lipinski definition) is 2. The van der Waals surface area contributed by atoms with E-state index in [1.807, 2.05) is 16.6 Å². The highest BCUT2D eigenvalue weighted by Gasteiger charge is 2.31. The molecular weight excluding hydrogens is 310 g/mol. The average molecular weight is 337 g/mol. The fourth-order valence-corrected chi connectivity index (χ4v) is 4.55. The molecule has 2 heterocycles. The molecule has 1 aromatic heterocycles. The molecule has 25 heavy (non-hydrogen) atoms. The second kappa shape index (κ2) is 6.66. The second-order valence-electron chi connectivity index (χ2n) is 7.55. The zero-order chi connectivity index (χ0) is 17.4. The molecule has 0 spiro atoms. The molecule has 0 bridgehead atoms. The van der Waals surface area contributed by atoms with Crippen LogP contribution < -0.4 is 0 Å². The van der Waals surface area contributed by atoms with Crippen LogP contribution in [0.5, 0.6) is 0 Å². The van der Waals surface area contributed by atoms with Crippen LogP contribution in [0.4, 0.5) is 0 Å². The van der Waals surface area contributed by atoms with Gasteiger partial charge in [0.1, 0.15) is 0 Å². The molecule has 132 valence electrons. The van der Waals surface area contributed by atoms with Crippen LogP contribution >= 0.6 is 0 Å². The number of benzene rings is 1. The monoisotopic (exact) mass is 337 g/mol. The Morgan fingerprint density at radius 1 is 1.16 bits per heavy atom. The molecule has 1 atom stereocenters. The number of carbonyl (C=O) groups is 1. The van der Waals surface area contributed by atoms with Gasteiger partial charge in [0.05, 0.1) is 0 Å². The van der Waals surface area contributed by atoms with Crippen molar-refractivity contribution in [2.75, 3.05) is 13.1 Å². The number of piperidine rings is 1. The van der Waals surface area contributed by atoms with Crippen LogP contribution in [-0.2, 0) is 19.9 Å². The second-order valence-corrected chi connectivity index (χ2v) is 7.55. The Hall–Kier alpha value is -2.10. The van der Waals surface area contributed by atoms with E-state index in [1.54, 1.807) is 0 Å². The largest absolute Gasteiger partial charge is 0.337 e. The van der Waals surface area contributed by atoms with E-state index in [2.05, 4.69) is 36.3 Å². The summed E-state index contributed by atoms with van der Waals surface area (Å²) in [4.78, 5) is 15.2. The molecule has 2 aromatic rings. The number of likely N-dealkylation sites (tertiary alicyclic amines) is 1. The minimum atomic E-state index is 0.136. The summed E-state index contributed by atoms with van der Waals surface area (Å²) in [6, 6.07) is 8.59. The number of fused-ring (bicyclic) bond motifs is 1. The summed E-state index contributed by atoms with van der Waals surface area (Å²) < 4.78 is 1.94. The Bertz CT molecular complexity index is 792. The van der Waals surface area contributed by atoms with E-state index in [-0.39, 0.29) is 5.91 Å². The first-order chi connectivity index (χ1) is 12.1. The predicted octanol–water partition coefficient (Wildman–Crippen LogP) is 3.63. The quantitative estimate of drug-likeness (QED) is 0.839. The predicted molar refractivity (Wildman–Crippen MR) is 98.9 cm³/mol. The topological polar surface area (TPSA) is 38.1 Å². The van der Waals surface area contributed by atoms with E-state index < -0.39 is 0 Å². The molecule has 0 saturated carbocycles. The zero-order valence-corrected chi connectivity index (χ0v) is 15.3. The van der Waals surface area contributed by atoms with Gasteiger partial charge in [0.15, 0.2) is 5.69 Å². The Morgan fingerprint density at radius 3 is 2.80 bits per heavy atom. The van der Waals surface area contributed by atoms with Crippen LogP contribution in [0.3, 0.4) is 0 Å². The maximum atomic E-state index is 13.2. The van der Waals surface area contributed by atoms with Gasteiger partial charge in [-0.25, -0.2) is 0 Å². The molecule has 1 fully saturated rings. The average Bonchev–Trinajstić information content (AvgIpc) is 2.99. The summed E-state index contributed by atoms with van der Waals surface area (Å²) in [5, 5.41) is 4.61. The first-order valence-electron chi connectivity index (χ1n) is 9.54. The van der Waals surface area contributed by atoms with Crippen molar-refractivity contribution in [1.29, 1.82) is 0 Å². The maximum Gasteiger partial charge on any atom is 0.274 e. The highest BCUT2D eigenvalue weighted by atomic mass is 16.2. The van der Waals surface area contributed by atoms with Crippen LogP contribution in [-0.4, -0.2) is 33.7 Å². The molecule has 4 nitrogen and oxygen atoms in total. The van der Waals surface area contributed by atoms with Crippen molar-refractivity contribution in [2.45, 2.75) is 51.4 Å². The third-order valence-corrected chi connectivity index (χ3v) is 5.90. The SMILES string of the molecule is Cc1ccccc1[C@H]1CCCN(C(=O)c2nn(C)c3c2CCCC3)C1. The minimum absolute atomic E-state index is 0.136. The Morgan fingerprint density at radius 2 is 1.96 bits per heavy atom. The van der Waals surface area contributed by atoms with E-state index in [4.69, 9.17) is 0 Å². The minimum Gasteiger partial charge on any atom is -0.337 e. The highest BCUT2D eigenvalue weighted by Crippen LogP contribution is 2.31. The highest BCUT2D eigenvalue weighted by molar-refractivity contribution is 5.94. The zero-order valence-electron chi connectivity index (χ0n) is 15.3. The fraction of sp³-hybridized carbons (Fsp3) is 0.524. The summed E-state index contributed by atoms with van der Waals surface area (Å²) >= 11 is 0. The van der Waals surface area contributed by atoms with E-state index >= 15 is 0 Å². The summed E-state index contributed by atoms with van der Waals surface area (Å²) in [6.45, 7) is 3.84. The summed E-state index contributed by atoms with van der Waals surface area (Å²) in [5.41, 5.74) is 5.90. The van der Waals surface area contributed by atoms with Gasteiger partial charge in [0.25, 0.3) is 5.91 Å². The smallest absolute Gasteiger partial charge is 0.274 e. The van der Waals surface area contributed by atoms with Gasteiger partial charge in [0, 0.05) is 37.3 Å². The van der Waals surface area contributed by atoms with Gasteiger partial charge in [-0.2, -0.15) is 5.10 Å². The Kier molecular flexibility index (Phi) is 4.36. The summed E-state index contributed by atoms with van der Waals surface area (Å²) in [5.74, 6) is 0.579. The van der Waals surface area contributed by atoms with Crippen LogP contribution in [0.25, 0.3) is 0 Å². The fourth-order valence-electron chi connectivity index (χ4n) is 4.55. The van der Waals surface area contributed by atoms with Gasteiger partial charge in [-0.3, -0.25) is 9.48 Å². The molecule has 0 radical (unpaired) electrons. The third kappa shape index (κ3) is 2.99. The van der Waals surface area contributed by atoms with E-state index in [0.29, 0.717) is 11.6 Å². The van der Waals surface area contributed by atoms with Crippen molar-refractivity contribution < 1.29 is 4.79 Å². The van der Waals surface area contributed by atoms with Crippen molar-refractivity contribution in [3.8, 4) is 0 Å². The first kappa shape index (κ1) is 16.4. The molecule has 1 amide bonds. The van der Waals surface area contributed by atoms with Crippen molar-refractivity contribution in [3.05, 3.63) is 52.3 Å². The normalized spacial score (nSPS) is 20.4. The Balaban J connectivity index is 1.58. The standard InChI is InChI=1S/C21H27N3O/c1-15-8-3-4-10-17(15)16-9-7-13-24(14-16)21(25)20-18-11-5-6-12-19(18)23(2)22-20/h3-4,8,10,16H,5-7,9,11-14H2,1-2H3/t16-/m0/s1. The molecular formula is C21H27N3O. The molecule has 1 aliphatic carbocycles. The van der Waals surface area contributed by atoms with Gasteiger partial charge in [0.2, 0.25) is 0 Å². The van der Waals surface area contributed by atoms with Crippen molar-refractivity contribution >= 4 is 5.91 Å². The molecule has 4 rings (SSSR count). The molecule has 1 aliphatic heterocycles. The molecule has 0 N–H and O–H groups in total. The molecule has 1 aromatic carbocycles. The molecule has 2 aliphatic rings. The van der Waals surface area contributed by atoms with Gasteiger partial charge < -0.3 is 4.90 Å². The lowest BCUT2D eigenvalue weighted by atomic mass is 9.87. The Labute approximate surface area is 149 Å². The number of aromatic nitrogens is 2. The number of nitrogens with zero attached hydrogens (tertiary/aromatic N) is 3. The van der Waals surface area contributed by atoms with E-state index in [1.165, 1.54) is 35.2 Å². The van der Waals surface area contributed by atoms with Gasteiger partial charge >= 0.3 is 0 Å². The lowest BCUT2D eigenvalue weighted by Gasteiger charge is -2.33. The summed E-state index contributed by atoms with van der Waals surface area (Å²) in [7, 11) is 1.98. The lowest BCUT2D eigenvalue weighted by Crippen LogP contribution is -2.39. The lowest BCUT2D eigenvalue weighted by molar-refractivity contribution is 0.0699. The van der Waals surface area contributed by atoms with Crippen LogP contribution in [0.1, 0.15) is 64.5 Å². The number of amides is 1. The van der Waals surface area contributed by atoms with E-state index in [0.717, 1.165) is 38.8 Å². The van der Waals surface area contributed by atoms with Crippen molar-refractivity contribution in [2.24, 2.45) is 7.05 Å². The van der Waals surface area contributed by atoms with Crippen molar-refractivity contribution in [3.63, 3.8) is 0 Å². The number of rotatable bonds is 2. The van der Waals surface area contributed by atoms with Gasteiger partial charge in [-0.15, -0.1) is 0 Å². The molecule has 4 heteroatoms. The number of carbonyl (C=O) groups excluding carboxylic acids is 1. The van der Waals surface area contributed by atoms with Crippen LogP contribution in [0.2, 0.25) is 0 Å². The van der Waals surface area contributed by atoms with Gasteiger partial charge in [-0.05, 0) is 56.6 Å². The van der Waals surface area contributed by atoms with Crippen LogP contribution in [0.15, 0.2) is 24.3 Å². The number of hydrogen-bond donors (Lipinski definition) is 0. The number of aryl methyl sites for hydroxylation is 2. The van der Waals surface area contributed by atoms with E-state index in [9.17, 15) is 4.79 Å². The van der Waals surface area contributed by atoms with Crippen molar-refractivity contribution in [1.82, 2.24) is 14.7 Å². The summed E-state index contributed by atoms with van der Waals surface area (Å²) in [6.07, 6.45) is 6.66. The van der Waals surface area contributed by atoms with Gasteiger partial charge in [-0.1, -0.05) is 24.3 Å². The maximum absolute atomic E-state index is 13.2. The van der Waals surface area contributed by atoms with Crippen LogP contribution in [0, 0.1) is 6.92 Å². The molecule has 0 unspecified atom stereocenters. The third-order valence-electron chi connectivity index (χ3n) is 5.90.